The third kappa shape index (κ3) is 1.71. The van der Waals surface area contributed by atoms with Crippen LogP contribution in [0.15, 0.2) is 17.3 Å². The van der Waals surface area contributed by atoms with Crippen LogP contribution in [-0.4, -0.2) is 16.6 Å². The second kappa shape index (κ2) is 3.40. The van der Waals surface area contributed by atoms with Crippen LogP contribution in [-0.2, 0) is 16.8 Å². The number of hydrogen-bond acceptors (Lipinski definition) is 3. The molecule has 1 aromatic heterocycles. The fourth-order valence-electron chi connectivity index (χ4n) is 1.68. The summed E-state index contributed by atoms with van der Waals surface area (Å²) in [7, 11) is 0. The number of nitrogens with two attached hydrogens (primary N) is 1. The molecular formula is C12H15N3O. The van der Waals surface area contributed by atoms with Crippen molar-refractivity contribution in [1.29, 1.82) is 0 Å². The predicted molar refractivity (Wildman–Crippen MR) is 62.4 cm³/mol. The summed E-state index contributed by atoms with van der Waals surface area (Å²) in [5.74, 6) is -0.480. The molecule has 2 N–H and O–H groups in total. The van der Waals surface area contributed by atoms with E-state index in [1.807, 2.05) is 12.3 Å². The van der Waals surface area contributed by atoms with Crippen LogP contribution in [0.2, 0.25) is 0 Å². The van der Waals surface area contributed by atoms with E-state index in [0.29, 0.717) is 12.3 Å². The smallest absolute Gasteiger partial charge is 0.267 e. The molecule has 1 aromatic rings. The highest BCUT2D eigenvalue weighted by Gasteiger charge is 2.24. The summed E-state index contributed by atoms with van der Waals surface area (Å²) >= 11 is 0. The Kier molecular flexibility index (Phi) is 2.30. The van der Waals surface area contributed by atoms with E-state index in [0.717, 1.165) is 16.8 Å². The van der Waals surface area contributed by atoms with Gasteiger partial charge in [-0.05, 0) is 17.0 Å². The minimum atomic E-state index is -0.480. The van der Waals surface area contributed by atoms with Gasteiger partial charge in [0, 0.05) is 11.8 Å². The van der Waals surface area contributed by atoms with Crippen molar-refractivity contribution in [3.05, 3.63) is 29.1 Å². The monoisotopic (exact) mass is 217 g/mol. The van der Waals surface area contributed by atoms with Crippen LogP contribution in [0.25, 0.3) is 0 Å². The van der Waals surface area contributed by atoms with Gasteiger partial charge in [0.05, 0.1) is 12.2 Å². The predicted octanol–water partition coefficient (Wildman–Crippen LogP) is 1.17. The second-order valence-electron chi connectivity index (χ2n) is 5.00. The Labute approximate surface area is 94.6 Å². The number of carbonyl (C=O) groups excluding carboxylic acids is 1. The lowest BCUT2D eigenvalue weighted by Crippen LogP contribution is -2.24. The second-order valence-corrected chi connectivity index (χ2v) is 5.00. The van der Waals surface area contributed by atoms with E-state index >= 15 is 0 Å². The fraction of sp³-hybridized carbons (Fsp3) is 0.417. The molecule has 1 aliphatic rings. The summed E-state index contributed by atoms with van der Waals surface area (Å²) in [6.07, 6.45) is 1.85. The molecule has 1 aliphatic heterocycles. The number of amides is 1. The molecule has 0 aliphatic carbocycles. The van der Waals surface area contributed by atoms with Crippen LogP contribution >= 0.6 is 0 Å². The van der Waals surface area contributed by atoms with Crippen LogP contribution in [0.5, 0.6) is 0 Å². The average molecular weight is 217 g/mol. The van der Waals surface area contributed by atoms with Gasteiger partial charge >= 0.3 is 0 Å². The van der Waals surface area contributed by atoms with Gasteiger partial charge in [-0.25, -0.2) is 0 Å². The number of primary amides is 1. The number of hydrogen-bond donors (Lipinski definition) is 1. The van der Waals surface area contributed by atoms with E-state index in [-0.39, 0.29) is 5.41 Å². The summed E-state index contributed by atoms with van der Waals surface area (Å²) < 4.78 is 0. The summed E-state index contributed by atoms with van der Waals surface area (Å²) in [6, 6.07) is 1.97. The standard InChI is InChI=1S/C12H15N3O/c1-12(2,3)7-4-8-9(14-5-7)6-15-10(8)11(13)16/h4-5H,6H2,1-3H3,(H2,13,16). The molecule has 0 radical (unpaired) electrons. The molecule has 0 fully saturated rings. The summed E-state index contributed by atoms with van der Waals surface area (Å²) in [5, 5.41) is 0. The lowest BCUT2D eigenvalue weighted by atomic mass is 9.87. The van der Waals surface area contributed by atoms with Gasteiger partial charge in [0.25, 0.3) is 5.91 Å². The molecule has 84 valence electrons. The minimum Gasteiger partial charge on any atom is -0.364 e. The van der Waals surface area contributed by atoms with E-state index in [2.05, 4.69) is 30.7 Å². The molecule has 1 amide bonds. The van der Waals surface area contributed by atoms with Crippen molar-refractivity contribution in [3.8, 4) is 0 Å². The molecule has 16 heavy (non-hydrogen) atoms. The van der Waals surface area contributed by atoms with Crippen molar-refractivity contribution in [1.82, 2.24) is 4.98 Å². The quantitative estimate of drug-likeness (QED) is 0.767. The number of aromatic nitrogens is 1. The molecule has 0 bridgehead atoms. The van der Waals surface area contributed by atoms with Gasteiger partial charge in [0.2, 0.25) is 0 Å². The van der Waals surface area contributed by atoms with Crippen LogP contribution in [0.3, 0.4) is 0 Å². The topological polar surface area (TPSA) is 68.3 Å². The van der Waals surface area contributed by atoms with Crippen molar-refractivity contribution < 1.29 is 4.79 Å². The molecule has 0 aromatic carbocycles. The average Bonchev–Trinajstić information content (AvgIpc) is 2.58. The zero-order valence-corrected chi connectivity index (χ0v) is 9.74. The molecule has 2 heterocycles. The van der Waals surface area contributed by atoms with E-state index in [1.165, 1.54) is 0 Å². The van der Waals surface area contributed by atoms with Gasteiger partial charge in [-0.1, -0.05) is 20.8 Å². The maximum atomic E-state index is 11.2. The van der Waals surface area contributed by atoms with Gasteiger partial charge < -0.3 is 5.73 Å². The van der Waals surface area contributed by atoms with Crippen LogP contribution in [0.4, 0.5) is 0 Å². The van der Waals surface area contributed by atoms with Gasteiger partial charge in [0.1, 0.15) is 5.71 Å². The summed E-state index contributed by atoms with van der Waals surface area (Å²) in [4.78, 5) is 19.6. The molecule has 0 saturated carbocycles. The van der Waals surface area contributed by atoms with Crippen molar-refractivity contribution in [3.63, 3.8) is 0 Å². The van der Waals surface area contributed by atoms with Gasteiger partial charge in [-0.15, -0.1) is 0 Å². The molecule has 4 heteroatoms. The third-order valence-corrected chi connectivity index (χ3v) is 2.71. The highest BCUT2D eigenvalue weighted by Crippen LogP contribution is 2.25. The highest BCUT2D eigenvalue weighted by atomic mass is 16.1. The van der Waals surface area contributed by atoms with Crippen LogP contribution < -0.4 is 5.73 Å². The summed E-state index contributed by atoms with van der Waals surface area (Å²) in [6.45, 7) is 6.77. The SMILES string of the molecule is CC(C)(C)c1cnc2c(c1)C(C(N)=O)=NC2. The molecule has 4 nitrogen and oxygen atoms in total. The van der Waals surface area contributed by atoms with Crippen LogP contribution in [0.1, 0.15) is 37.6 Å². The molecule has 0 saturated heterocycles. The Morgan fingerprint density at radius 1 is 1.44 bits per heavy atom. The first-order valence-electron chi connectivity index (χ1n) is 5.23. The first-order chi connectivity index (χ1) is 7.39. The normalized spacial score (nSPS) is 14.6. The van der Waals surface area contributed by atoms with Crippen molar-refractivity contribution in [2.24, 2.45) is 10.7 Å². The Bertz CT molecular complexity index is 484. The van der Waals surface area contributed by atoms with E-state index in [1.54, 1.807) is 0 Å². The first kappa shape index (κ1) is 10.8. The van der Waals surface area contributed by atoms with Crippen molar-refractivity contribution in [2.45, 2.75) is 32.7 Å². The lowest BCUT2D eigenvalue weighted by Gasteiger charge is -2.19. The maximum absolute atomic E-state index is 11.2. The number of pyridine rings is 1. The maximum Gasteiger partial charge on any atom is 0.267 e. The van der Waals surface area contributed by atoms with Crippen LogP contribution in [0, 0.1) is 0 Å². The number of carbonyl (C=O) groups is 1. The summed E-state index contributed by atoms with van der Waals surface area (Å²) in [5.41, 5.74) is 8.35. The van der Waals surface area contributed by atoms with E-state index in [9.17, 15) is 4.79 Å². The van der Waals surface area contributed by atoms with Gasteiger partial charge in [0.15, 0.2) is 0 Å². The lowest BCUT2D eigenvalue weighted by molar-refractivity contribution is -0.111. The molecule has 0 spiro atoms. The zero-order valence-electron chi connectivity index (χ0n) is 9.74. The number of nitrogens with zero attached hydrogens (tertiary/aromatic N) is 2. The molecule has 0 atom stereocenters. The molecular weight excluding hydrogens is 202 g/mol. The Balaban J connectivity index is 2.51. The minimum absolute atomic E-state index is 0.00732. The Morgan fingerprint density at radius 3 is 2.69 bits per heavy atom. The number of aliphatic imine (C=N–C) groups is 1. The van der Waals surface area contributed by atoms with Crippen molar-refractivity contribution in [2.75, 3.05) is 0 Å². The molecule has 0 unspecified atom stereocenters. The highest BCUT2D eigenvalue weighted by molar-refractivity contribution is 6.45. The van der Waals surface area contributed by atoms with Gasteiger partial charge in [-0.2, -0.15) is 0 Å². The van der Waals surface area contributed by atoms with E-state index in [4.69, 9.17) is 5.73 Å². The Morgan fingerprint density at radius 2 is 2.12 bits per heavy atom. The first-order valence-corrected chi connectivity index (χ1v) is 5.23. The number of fused-ring (bicyclic) bond motifs is 1. The van der Waals surface area contributed by atoms with Crippen molar-refractivity contribution >= 4 is 11.6 Å². The largest absolute Gasteiger partial charge is 0.364 e. The Hall–Kier alpha value is -1.71. The fourth-order valence-corrected chi connectivity index (χ4v) is 1.68. The third-order valence-electron chi connectivity index (χ3n) is 2.71. The zero-order chi connectivity index (χ0) is 11.9. The van der Waals surface area contributed by atoms with E-state index < -0.39 is 5.91 Å². The molecule has 2 rings (SSSR count). The number of rotatable bonds is 1. The van der Waals surface area contributed by atoms with Gasteiger partial charge in [-0.3, -0.25) is 14.8 Å².